The van der Waals surface area contributed by atoms with Gasteiger partial charge in [0.05, 0.1) is 26.4 Å². The van der Waals surface area contributed by atoms with E-state index in [1.807, 2.05) is 18.2 Å². The van der Waals surface area contributed by atoms with E-state index in [9.17, 15) is 43.5 Å². The summed E-state index contributed by atoms with van der Waals surface area (Å²) >= 11 is 0. The first-order valence-electron chi connectivity index (χ1n) is 44.4. The lowest BCUT2D eigenvalue weighted by atomic mass is 10.0. The molecule has 0 aliphatic heterocycles. The molecular formula is C95H160O16P2. The summed E-state index contributed by atoms with van der Waals surface area (Å²) in [6.07, 6.45) is 111. The van der Waals surface area contributed by atoms with Crippen molar-refractivity contribution in [3.63, 3.8) is 0 Å². The van der Waals surface area contributed by atoms with Crippen molar-refractivity contribution in [2.45, 2.75) is 373 Å². The van der Waals surface area contributed by atoms with E-state index in [-0.39, 0.29) is 19.3 Å². The lowest BCUT2D eigenvalue weighted by Gasteiger charge is -2.21. The van der Waals surface area contributed by atoms with E-state index < -0.39 is 91.5 Å². The summed E-state index contributed by atoms with van der Waals surface area (Å²) in [4.78, 5) is 58.9. The molecule has 0 fully saturated rings. The number of aliphatic hydroxyl groups excluding tert-OH is 2. The van der Waals surface area contributed by atoms with Gasteiger partial charge in [0.1, 0.15) is 25.4 Å². The van der Waals surface area contributed by atoms with E-state index in [1.165, 1.54) is 161 Å². The van der Waals surface area contributed by atoms with Crippen molar-refractivity contribution in [2.75, 3.05) is 39.6 Å². The fourth-order valence-electron chi connectivity index (χ4n) is 11.7. The van der Waals surface area contributed by atoms with Crippen molar-refractivity contribution in [1.29, 1.82) is 0 Å². The Morgan fingerprint density at radius 3 is 0.779 bits per heavy atom. The molecule has 0 aromatic rings. The molecule has 5 unspecified atom stereocenters. The van der Waals surface area contributed by atoms with Crippen molar-refractivity contribution < 1.29 is 75.8 Å². The van der Waals surface area contributed by atoms with Crippen LogP contribution in [0.3, 0.4) is 0 Å². The Hall–Kier alpha value is -5.09. The highest BCUT2D eigenvalue weighted by Gasteiger charge is 2.29. The van der Waals surface area contributed by atoms with Crippen molar-refractivity contribution in [1.82, 2.24) is 0 Å². The van der Waals surface area contributed by atoms with Crippen LogP contribution in [-0.2, 0) is 55.8 Å². The van der Waals surface area contributed by atoms with Crippen LogP contribution in [-0.4, -0.2) is 95.9 Å². The van der Waals surface area contributed by atoms with Crippen LogP contribution in [0.2, 0.25) is 0 Å². The molecular weight excluding hydrogens is 1460 g/mol. The normalized spacial score (nSPS) is 14.6. The zero-order valence-electron chi connectivity index (χ0n) is 71.0. The van der Waals surface area contributed by atoms with Crippen LogP contribution in [0.4, 0.5) is 0 Å². The van der Waals surface area contributed by atoms with Crippen LogP contribution < -0.4 is 0 Å². The summed E-state index contributed by atoms with van der Waals surface area (Å²) < 4.78 is 61.3. The minimum atomic E-state index is -4.96. The Bertz CT molecular complexity index is 2730. The third kappa shape index (κ3) is 87.6. The van der Waals surface area contributed by atoms with Gasteiger partial charge in [-0.3, -0.25) is 32.5 Å². The van der Waals surface area contributed by atoms with Crippen LogP contribution in [0, 0.1) is 0 Å². The Kier molecular flexibility index (Phi) is 82.4. The van der Waals surface area contributed by atoms with Crippen LogP contribution >= 0.6 is 15.6 Å². The molecule has 16 nitrogen and oxygen atoms in total. The summed E-state index contributed by atoms with van der Waals surface area (Å²) in [5.74, 6) is -1.68. The molecule has 0 radical (unpaired) electrons. The number of carbonyl (C=O) groups excluding carboxylic acids is 3. The zero-order chi connectivity index (χ0) is 82.2. The molecule has 0 amide bonds. The Balaban J connectivity index is 4.63. The molecule has 0 aromatic heterocycles. The second kappa shape index (κ2) is 86.3. The first-order valence-corrected chi connectivity index (χ1v) is 47.4. The van der Waals surface area contributed by atoms with Crippen LogP contribution in [0.5, 0.6) is 0 Å². The van der Waals surface area contributed by atoms with Gasteiger partial charge in [-0.1, -0.05) is 358 Å². The highest BCUT2D eigenvalue weighted by molar-refractivity contribution is 7.47. The first-order chi connectivity index (χ1) is 55.2. The molecule has 5 atom stereocenters. The third-order valence-corrected chi connectivity index (χ3v) is 20.3. The quantitative estimate of drug-likeness (QED) is 0.0146. The number of hydrogen-bond donors (Lipinski definition) is 4. The van der Waals surface area contributed by atoms with Crippen molar-refractivity contribution in [3.05, 3.63) is 170 Å². The minimum Gasteiger partial charge on any atom is -0.463 e. The van der Waals surface area contributed by atoms with Gasteiger partial charge in [0, 0.05) is 19.3 Å². The van der Waals surface area contributed by atoms with Gasteiger partial charge < -0.3 is 34.2 Å². The molecule has 0 bridgehead atoms. The standard InChI is InChI=1S/C95H160O16P2/c1-4-7-10-13-16-19-22-25-28-31-34-36-38-40-42-44-46-48-50-52-55-57-60-63-66-69-72-75-78-81-93(98)105-84-90(96)85-107-112(101,102)108-86-91(97)87-109-113(103,104)110-89-92(111-95(100)83-80-77-74-71-68-65-62-59-54-33-30-27-24-21-18-15-12-9-6-3)88-106-94(99)82-79-76-73-70-67-64-61-58-56-53-51-49-47-45-43-41-39-37-35-32-29-26-23-20-17-14-11-8-5-2/h9,12,16-21,25-30,34-37,40-43,54,59,65,68,74,77,90-92,96-97H,4-8,10-11,13-15,22-24,31-33,38-39,44-53,55-58,60-64,66-67,69-73,75-76,78-89H2,1-3H3,(H,101,102)(H,103,104)/b12-9-,19-16-,20-17-,21-18-,28-25-,29-26-,30-27-,36-34-,37-35-,42-40-,43-41-,59-54-,68-65-,77-74-. The fourth-order valence-corrected chi connectivity index (χ4v) is 13.3. The van der Waals surface area contributed by atoms with Gasteiger partial charge in [-0.25, -0.2) is 9.13 Å². The maximum absolute atomic E-state index is 13.0. The van der Waals surface area contributed by atoms with Gasteiger partial charge in [-0.15, -0.1) is 0 Å². The van der Waals surface area contributed by atoms with E-state index in [1.54, 1.807) is 0 Å². The predicted octanol–water partition coefficient (Wildman–Crippen LogP) is 27.1. The van der Waals surface area contributed by atoms with Crippen LogP contribution in [0.1, 0.15) is 355 Å². The predicted molar refractivity (Wildman–Crippen MR) is 472 cm³/mol. The number of carbonyl (C=O) groups is 3. The molecule has 113 heavy (non-hydrogen) atoms. The first kappa shape index (κ1) is 108. The van der Waals surface area contributed by atoms with E-state index in [4.69, 9.17) is 32.3 Å². The van der Waals surface area contributed by atoms with Gasteiger partial charge in [-0.05, 0) is 148 Å². The number of unbranched alkanes of at least 4 members (excludes halogenated alkanes) is 32. The summed E-state index contributed by atoms with van der Waals surface area (Å²) in [7, 11) is -9.84. The van der Waals surface area contributed by atoms with E-state index in [0.29, 0.717) is 25.7 Å². The number of phosphoric ester groups is 2. The maximum atomic E-state index is 13.0. The number of aliphatic hydroxyl groups is 2. The maximum Gasteiger partial charge on any atom is 0.472 e. The summed E-state index contributed by atoms with van der Waals surface area (Å²) in [6.45, 7) is 2.44. The van der Waals surface area contributed by atoms with Crippen molar-refractivity contribution >= 4 is 33.6 Å². The number of hydrogen-bond acceptors (Lipinski definition) is 14. The minimum absolute atomic E-state index is 0.0254. The average molecular weight is 1620 g/mol. The number of phosphoric acid groups is 2. The summed E-state index contributed by atoms with van der Waals surface area (Å²) in [5, 5.41) is 20.7. The summed E-state index contributed by atoms with van der Waals surface area (Å²) in [5.41, 5.74) is 0. The number of esters is 3. The second-order valence-corrected chi connectivity index (χ2v) is 32.2. The monoisotopic (exact) mass is 1620 g/mol. The molecule has 0 aromatic carbocycles. The number of rotatable bonds is 83. The molecule has 0 saturated carbocycles. The molecule has 0 spiro atoms. The smallest absolute Gasteiger partial charge is 0.463 e. The topological polar surface area (TPSA) is 231 Å². The SMILES string of the molecule is CC/C=C\C/C=C\C/C=C\C/C=C\C/C=C\C/C=C\CCC(=O)OC(COC(=O)CCCCCCCCCCCCCCC/C=C\C/C=C\C/C=C\C/C=C\CCCCC)COP(=O)(O)OCC(O)COP(=O)(O)OCC(O)COC(=O)CCCCCCCCCCCCCCC/C=C\C/C=C\C/C=C\C/C=C\CCCCC. The van der Waals surface area contributed by atoms with E-state index in [2.05, 4.69) is 173 Å². The lowest BCUT2D eigenvalue weighted by Crippen LogP contribution is -2.29. The van der Waals surface area contributed by atoms with E-state index >= 15 is 0 Å². The average Bonchev–Trinajstić information content (AvgIpc) is 0.899. The molecule has 0 aliphatic carbocycles. The lowest BCUT2D eigenvalue weighted by molar-refractivity contribution is -0.161. The highest BCUT2D eigenvalue weighted by atomic mass is 31.2. The van der Waals surface area contributed by atoms with Gasteiger partial charge in [0.25, 0.3) is 0 Å². The van der Waals surface area contributed by atoms with Gasteiger partial charge in [0.2, 0.25) is 0 Å². The van der Waals surface area contributed by atoms with Crippen LogP contribution in [0.25, 0.3) is 0 Å². The Morgan fingerprint density at radius 1 is 0.257 bits per heavy atom. The Morgan fingerprint density at radius 2 is 0.487 bits per heavy atom. The number of ether oxygens (including phenoxy) is 3. The van der Waals surface area contributed by atoms with Crippen LogP contribution in [0.15, 0.2) is 170 Å². The Labute approximate surface area is 688 Å². The highest BCUT2D eigenvalue weighted by Crippen LogP contribution is 2.45. The van der Waals surface area contributed by atoms with Gasteiger partial charge in [-0.2, -0.15) is 0 Å². The molecule has 0 saturated heterocycles. The molecule has 4 N–H and O–H groups in total. The molecule has 646 valence electrons. The van der Waals surface area contributed by atoms with Crippen molar-refractivity contribution in [3.8, 4) is 0 Å². The van der Waals surface area contributed by atoms with E-state index in [0.717, 1.165) is 128 Å². The third-order valence-electron chi connectivity index (χ3n) is 18.4. The van der Waals surface area contributed by atoms with Gasteiger partial charge in [0.15, 0.2) is 6.10 Å². The second-order valence-electron chi connectivity index (χ2n) is 29.3. The largest absolute Gasteiger partial charge is 0.472 e. The van der Waals surface area contributed by atoms with Crippen molar-refractivity contribution in [2.24, 2.45) is 0 Å². The van der Waals surface area contributed by atoms with Gasteiger partial charge >= 0.3 is 33.6 Å². The zero-order valence-corrected chi connectivity index (χ0v) is 72.8. The number of allylic oxidation sites excluding steroid dienone is 28. The molecule has 0 rings (SSSR count). The molecule has 18 heteroatoms. The molecule has 0 heterocycles. The fraction of sp³-hybridized carbons (Fsp3) is 0.674. The molecule has 0 aliphatic rings. The summed E-state index contributed by atoms with van der Waals surface area (Å²) in [6, 6.07) is 0.